The van der Waals surface area contributed by atoms with Crippen molar-refractivity contribution in [2.75, 3.05) is 46.8 Å². The van der Waals surface area contributed by atoms with Gasteiger partial charge in [-0.05, 0) is 65.8 Å². The summed E-state index contributed by atoms with van der Waals surface area (Å²) in [6.45, 7) is 8.93. The van der Waals surface area contributed by atoms with Crippen molar-refractivity contribution < 1.29 is 0 Å². The maximum atomic E-state index is 2.79. The molecule has 0 amide bonds. The topological polar surface area (TPSA) is 9.72 Å². The molecule has 2 rings (SSSR count). The number of rotatable bonds is 6. The van der Waals surface area contributed by atoms with Gasteiger partial charge in [-0.25, -0.2) is 0 Å². The first kappa shape index (κ1) is 15.3. The van der Waals surface area contributed by atoms with Crippen LogP contribution in [-0.2, 0) is 0 Å². The molecule has 2 atom stereocenters. The SMILES string of the molecule is CCC1CN2CCCCC2CN1CCCCN(C)C. The standard InChI is InChI=1S/C16H33N3/c1-4-15-13-19-11-6-5-9-16(19)14-18(15)12-8-7-10-17(2)3/h15-16H,4-14H2,1-3H3. The van der Waals surface area contributed by atoms with E-state index in [1.165, 1.54) is 71.2 Å². The van der Waals surface area contributed by atoms with Gasteiger partial charge in [0.05, 0.1) is 0 Å². The average molecular weight is 267 g/mol. The maximum Gasteiger partial charge on any atom is 0.0223 e. The number of unbranched alkanes of at least 4 members (excludes halogenated alkanes) is 1. The molecule has 2 saturated heterocycles. The molecule has 112 valence electrons. The smallest absolute Gasteiger partial charge is 0.0223 e. The Morgan fingerprint density at radius 2 is 1.95 bits per heavy atom. The quantitative estimate of drug-likeness (QED) is 0.684. The van der Waals surface area contributed by atoms with E-state index in [1.807, 2.05) is 0 Å². The molecule has 2 heterocycles. The number of nitrogens with zero attached hydrogens (tertiary/aromatic N) is 3. The highest BCUT2D eigenvalue weighted by atomic mass is 15.3. The first-order valence-electron chi connectivity index (χ1n) is 8.33. The van der Waals surface area contributed by atoms with E-state index in [0.717, 1.165) is 12.1 Å². The Labute approximate surface area is 119 Å². The predicted molar refractivity (Wildman–Crippen MR) is 82.7 cm³/mol. The summed E-state index contributed by atoms with van der Waals surface area (Å²) in [4.78, 5) is 7.87. The zero-order valence-electron chi connectivity index (χ0n) is 13.3. The van der Waals surface area contributed by atoms with Gasteiger partial charge in [0.25, 0.3) is 0 Å². The molecular formula is C16H33N3. The fourth-order valence-electron chi connectivity index (χ4n) is 3.72. The molecule has 3 heteroatoms. The van der Waals surface area contributed by atoms with Crippen LogP contribution in [0.5, 0.6) is 0 Å². The van der Waals surface area contributed by atoms with Crippen molar-refractivity contribution in [2.45, 2.75) is 57.5 Å². The largest absolute Gasteiger partial charge is 0.309 e. The van der Waals surface area contributed by atoms with Crippen molar-refractivity contribution in [3.63, 3.8) is 0 Å². The highest BCUT2D eigenvalue weighted by Gasteiger charge is 2.33. The number of piperidine rings is 1. The molecule has 19 heavy (non-hydrogen) atoms. The Hall–Kier alpha value is -0.120. The third kappa shape index (κ3) is 4.44. The Balaban J connectivity index is 1.77. The molecule has 0 radical (unpaired) electrons. The van der Waals surface area contributed by atoms with Crippen molar-refractivity contribution >= 4 is 0 Å². The summed E-state index contributed by atoms with van der Waals surface area (Å²) in [6, 6.07) is 1.68. The first-order chi connectivity index (χ1) is 9.20. The van der Waals surface area contributed by atoms with Gasteiger partial charge in [-0.15, -0.1) is 0 Å². The van der Waals surface area contributed by atoms with E-state index in [0.29, 0.717) is 0 Å². The molecule has 0 aromatic rings. The number of hydrogen-bond donors (Lipinski definition) is 0. The van der Waals surface area contributed by atoms with E-state index in [-0.39, 0.29) is 0 Å². The average Bonchev–Trinajstić information content (AvgIpc) is 2.42. The van der Waals surface area contributed by atoms with Gasteiger partial charge in [0.2, 0.25) is 0 Å². The number of piperazine rings is 1. The van der Waals surface area contributed by atoms with Crippen LogP contribution in [-0.4, -0.2) is 73.6 Å². The van der Waals surface area contributed by atoms with E-state index in [9.17, 15) is 0 Å². The van der Waals surface area contributed by atoms with Crippen LogP contribution in [0.4, 0.5) is 0 Å². The fraction of sp³-hybridized carbons (Fsp3) is 1.00. The van der Waals surface area contributed by atoms with Crippen LogP contribution in [0.1, 0.15) is 45.4 Å². The molecule has 3 nitrogen and oxygen atoms in total. The molecule has 0 spiro atoms. The molecule has 0 saturated carbocycles. The monoisotopic (exact) mass is 267 g/mol. The molecule has 0 aliphatic carbocycles. The van der Waals surface area contributed by atoms with E-state index in [1.54, 1.807) is 0 Å². The van der Waals surface area contributed by atoms with Gasteiger partial charge >= 0.3 is 0 Å². The molecule has 2 aliphatic heterocycles. The normalized spacial score (nSPS) is 29.7. The lowest BCUT2D eigenvalue weighted by molar-refractivity contribution is 0.00677. The van der Waals surface area contributed by atoms with E-state index < -0.39 is 0 Å². The van der Waals surface area contributed by atoms with Gasteiger partial charge in [-0.1, -0.05) is 13.3 Å². The third-order valence-electron chi connectivity index (χ3n) is 4.93. The molecule has 2 aliphatic rings. The van der Waals surface area contributed by atoms with Crippen LogP contribution < -0.4 is 0 Å². The minimum Gasteiger partial charge on any atom is -0.309 e. The van der Waals surface area contributed by atoms with E-state index in [2.05, 4.69) is 35.7 Å². The van der Waals surface area contributed by atoms with Gasteiger partial charge in [-0.2, -0.15) is 0 Å². The van der Waals surface area contributed by atoms with Gasteiger partial charge in [0.15, 0.2) is 0 Å². The molecule has 2 fully saturated rings. The zero-order valence-corrected chi connectivity index (χ0v) is 13.3. The fourth-order valence-corrected chi connectivity index (χ4v) is 3.72. The van der Waals surface area contributed by atoms with Crippen molar-refractivity contribution in [3.8, 4) is 0 Å². The summed E-state index contributed by atoms with van der Waals surface area (Å²) in [7, 11) is 4.35. The van der Waals surface area contributed by atoms with Gasteiger partial charge < -0.3 is 4.90 Å². The zero-order chi connectivity index (χ0) is 13.7. The number of fused-ring (bicyclic) bond motifs is 1. The molecule has 0 bridgehead atoms. The lowest BCUT2D eigenvalue weighted by Gasteiger charge is -2.48. The Morgan fingerprint density at radius 3 is 2.68 bits per heavy atom. The minimum atomic E-state index is 0.814. The molecule has 0 aromatic heterocycles. The predicted octanol–water partition coefficient (Wildman–Crippen LogP) is 2.28. The highest BCUT2D eigenvalue weighted by Crippen LogP contribution is 2.25. The summed E-state index contributed by atoms with van der Waals surface area (Å²) in [6.07, 6.45) is 8.33. The summed E-state index contributed by atoms with van der Waals surface area (Å²) in [5, 5.41) is 0. The second-order valence-electron chi connectivity index (χ2n) is 6.71. The van der Waals surface area contributed by atoms with Gasteiger partial charge in [0, 0.05) is 25.2 Å². The van der Waals surface area contributed by atoms with Crippen LogP contribution in [0.15, 0.2) is 0 Å². The Morgan fingerprint density at radius 1 is 1.11 bits per heavy atom. The van der Waals surface area contributed by atoms with Crippen LogP contribution in [0.3, 0.4) is 0 Å². The number of hydrogen-bond acceptors (Lipinski definition) is 3. The van der Waals surface area contributed by atoms with Crippen molar-refractivity contribution in [1.29, 1.82) is 0 Å². The Bertz CT molecular complexity index is 254. The summed E-state index contributed by atoms with van der Waals surface area (Å²) in [5.41, 5.74) is 0. The molecule has 2 unspecified atom stereocenters. The first-order valence-corrected chi connectivity index (χ1v) is 8.33. The van der Waals surface area contributed by atoms with Crippen LogP contribution in [0, 0.1) is 0 Å². The van der Waals surface area contributed by atoms with Crippen LogP contribution >= 0.6 is 0 Å². The Kier molecular flexibility index (Phi) is 6.11. The maximum absolute atomic E-state index is 2.79. The van der Waals surface area contributed by atoms with Crippen LogP contribution in [0.2, 0.25) is 0 Å². The van der Waals surface area contributed by atoms with Gasteiger partial charge in [0.1, 0.15) is 0 Å². The minimum absolute atomic E-state index is 0.814. The molecule has 0 N–H and O–H groups in total. The second kappa shape index (κ2) is 7.61. The summed E-state index contributed by atoms with van der Waals surface area (Å²) >= 11 is 0. The summed E-state index contributed by atoms with van der Waals surface area (Å²) < 4.78 is 0. The van der Waals surface area contributed by atoms with E-state index >= 15 is 0 Å². The third-order valence-corrected chi connectivity index (χ3v) is 4.93. The highest BCUT2D eigenvalue weighted by molar-refractivity contribution is 4.90. The lowest BCUT2D eigenvalue weighted by Crippen LogP contribution is -2.59. The van der Waals surface area contributed by atoms with Crippen molar-refractivity contribution in [1.82, 2.24) is 14.7 Å². The molecular weight excluding hydrogens is 234 g/mol. The van der Waals surface area contributed by atoms with Crippen molar-refractivity contribution in [2.24, 2.45) is 0 Å². The van der Waals surface area contributed by atoms with Gasteiger partial charge in [-0.3, -0.25) is 9.80 Å². The van der Waals surface area contributed by atoms with Crippen LogP contribution in [0.25, 0.3) is 0 Å². The molecule has 0 aromatic carbocycles. The second-order valence-corrected chi connectivity index (χ2v) is 6.71. The van der Waals surface area contributed by atoms with E-state index in [4.69, 9.17) is 0 Å². The van der Waals surface area contributed by atoms with Crippen molar-refractivity contribution in [3.05, 3.63) is 0 Å². The lowest BCUT2D eigenvalue weighted by atomic mass is 9.95. The summed E-state index contributed by atoms with van der Waals surface area (Å²) in [5.74, 6) is 0.